The molecule has 1 N–H and O–H groups in total. The molecule has 1 saturated heterocycles. The highest BCUT2D eigenvalue weighted by Gasteiger charge is 2.22. The molecule has 26 heavy (non-hydrogen) atoms. The van der Waals surface area contributed by atoms with E-state index in [2.05, 4.69) is 15.4 Å². The zero-order valence-electron chi connectivity index (χ0n) is 15.6. The number of ether oxygens (including phenoxy) is 1. The molecule has 0 aliphatic carbocycles. The largest absolute Gasteiger partial charge is 0.496 e. The quantitative estimate of drug-likeness (QED) is 0.888. The summed E-state index contributed by atoms with van der Waals surface area (Å²) >= 11 is 0. The molecule has 140 valence electrons. The Labute approximate surface area is 153 Å². The number of methoxy groups -OCH3 is 1. The lowest BCUT2D eigenvalue weighted by Crippen LogP contribution is -2.51. The Morgan fingerprint density at radius 1 is 1.23 bits per heavy atom. The summed E-state index contributed by atoms with van der Waals surface area (Å²) in [5.74, 6) is 1.66. The maximum atomic E-state index is 12.4. The first-order valence-electron chi connectivity index (χ1n) is 8.87. The third-order valence-electron chi connectivity index (χ3n) is 4.85. The first-order valence-corrected chi connectivity index (χ1v) is 8.87. The first-order chi connectivity index (χ1) is 12.6. The Bertz CT molecular complexity index is 731. The predicted octanol–water partition coefficient (Wildman–Crippen LogP) is 2.33. The average molecular weight is 358 g/mol. The van der Waals surface area contributed by atoms with Crippen LogP contribution in [0, 0.1) is 13.8 Å². The Morgan fingerprint density at radius 3 is 2.62 bits per heavy atom. The number of amides is 2. The molecule has 2 aromatic rings. The number of benzene rings is 1. The molecular formula is C19H26N4O3. The van der Waals surface area contributed by atoms with E-state index in [0.717, 1.165) is 48.0 Å². The van der Waals surface area contributed by atoms with Gasteiger partial charge in [-0.05, 0) is 19.9 Å². The third-order valence-corrected chi connectivity index (χ3v) is 4.85. The standard InChI is InChI=1S/C19H26N4O3/c1-14-17(15(2)26-21-14)13-22-8-10-23(11-9-22)19(24)20-12-16-6-4-5-7-18(16)25-3/h4-7H,8-13H2,1-3H3,(H,20,24). The third kappa shape index (κ3) is 4.16. The topological polar surface area (TPSA) is 70.8 Å². The average Bonchev–Trinajstić information content (AvgIpc) is 2.99. The summed E-state index contributed by atoms with van der Waals surface area (Å²) in [4.78, 5) is 16.6. The van der Waals surface area contributed by atoms with Gasteiger partial charge in [0.25, 0.3) is 0 Å². The van der Waals surface area contributed by atoms with Crippen LogP contribution in [0.3, 0.4) is 0 Å². The molecule has 1 aliphatic rings. The van der Waals surface area contributed by atoms with Crippen LogP contribution in [0.25, 0.3) is 0 Å². The normalized spacial score (nSPS) is 15.1. The number of aromatic nitrogens is 1. The second kappa shape index (κ2) is 8.23. The van der Waals surface area contributed by atoms with Crippen molar-refractivity contribution in [2.45, 2.75) is 26.9 Å². The highest BCUT2D eigenvalue weighted by atomic mass is 16.5. The van der Waals surface area contributed by atoms with Crippen LogP contribution in [0.5, 0.6) is 5.75 Å². The second-order valence-electron chi connectivity index (χ2n) is 6.54. The summed E-state index contributed by atoms with van der Waals surface area (Å²) < 4.78 is 10.5. The fourth-order valence-corrected chi connectivity index (χ4v) is 3.19. The zero-order valence-corrected chi connectivity index (χ0v) is 15.6. The second-order valence-corrected chi connectivity index (χ2v) is 6.54. The van der Waals surface area contributed by atoms with Crippen LogP contribution in [-0.4, -0.2) is 54.3 Å². The molecular weight excluding hydrogens is 332 g/mol. The van der Waals surface area contributed by atoms with Crippen molar-refractivity contribution in [2.75, 3.05) is 33.3 Å². The number of nitrogens with one attached hydrogen (secondary N) is 1. The highest BCUT2D eigenvalue weighted by molar-refractivity contribution is 5.74. The van der Waals surface area contributed by atoms with Crippen molar-refractivity contribution < 1.29 is 14.1 Å². The van der Waals surface area contributed by atoms with Crippen LogP contribution in [0.1, 0.15) is 22.6 Å². The van der Waals surface area contributed by atoms with E-state index in [9.17, 15) is 4.79 Å². The summed E-state index contributed by atoms with van der Waals surface area (Å²) in [7, 11) is 1.64. The lowest BCUT2D eigenvalue weighted by molar-refractivity contribution is 0.134. The van der Waals surface area contributed by atoms with Gasteiger partial charge in [-0.25, -0.2) is 4.79 Å². The number of rotatable bonds is 5. The minimum Gasteiger partial charge on any atom is -0.496 e. The van der Waals surface area contributed by atoms with E-state index in [1.165, 1.54) is 0 Å². The van der Waals surface area contributed by atoms with E-state index in [1.807, 2.05) is 43.0 Å². The van der Waals surface area contributed by atoms with Gasteiger partial charge in [-0.3, -0.25) is 4.90 Å². The van der Waals surface area contributed by atoms with Crippen LogP contribution in [0.2, 0.25) is 0 Å². The maximum absolute atomic E-state index is 12.4. The van der Waals surface area contributed by atoms with E-state index in [-0.39, 0.29) is 6.03 Å². The van der Waals surface area contributed by atoms with Crippen LogP contribution in [0.15, 0.2) is 28.8 Å². The van der Waals surface area contributed by atoms with Crippen LogP contribution in [0.4, 0.5) is 4.79 Å². The van der Waals surface area contributed by atoms with Gasteiger partial charge in [0.1, 0.15) is 11.5 Å². The highest BCUT2D eigenvalue weighted by Crippen LogP contribution is 2.18. The number of urea groups is 1. The van der Waals surface area contributed by atoms with Gasteiger partial charge in [0.05, 0.1) is 12.8 Å². The molecule has 1 aromatic carbocycles. The van der Waals surface area contributed by atoms with E-state index in [1.54, 1.807) is 7.11 Å². The number of aryl methyl sites for hydroxylation is 2. The molecule has 7 heteroatoms. The summed E-state index contributed by atoms with van der Waals surface area (Å²) in [6, 6.07) is 7.68. The molecule has 1 aliphatic heterocycles. The van der Waals surface area contributed by atoms with Gasteiger partial charge in [-0.2, -0.15) is 0 Å². The number of carbonyl (C=O) groups is 1. The number of nitrogens with zero attached hydrogens (tertiary/aromatic N) is 3. The zero-order chi connectivity index (χ0) is 18.5. The predicted molar refractivity (Wildman–Crippen MR) is 98.1 cm³/mol. The van der Waals surface area contributed by atoms with E-state index >= 15 is 0 Å². The minimum absolute atomic E-state index is 0.0344. The molecule has 0 radical (unpaired) electrons. The van der Waals surface area contributed by atoms with Crippen molar-refractivity contribution >= 4 is 6.03 Å². The van der Waals surface area contributed by atoms with Crippen molar-refractivity contribution in [1.29, 1.82) is 0 Å². The molecule has 0 saturated carbocycles. The van der Waals surface area contributed by atoms with Gasteiger partial charge >= 0.3 is 6.03 Å². The molecule has 2 amide bonds. The molecule has 2 heterocycles. The molecule has 0 spiro atoms. The Morgan fingerprint density at radius 2 is 1.96 bits per heavy atom. The maximum Gasteiger partial charge on any atom is 0.317 e. The smallest absolute Gasteiger partial charge is 0.317 e. The number of hydrogen-bond acceptors (Lipinski definition) is 5. The van der Waals surface area contributed by atoms with E-state index < -0.39 is 0 Å². The van der Waals surface area contributed by atoms with Gasteiger partial charge in [0.15, 0.2) is 0 Å². The van der Waals surface area contributed by atoms with Gasteiger partial charge in [-0.15, -0.1) is 0 Å². The summed E-state index contributed by atoms with van der Waals surface area (Å²) in [6.07, 6.45) is 0. The van der Waals surface area contributed by atoms with Gasteiger partial charge in [0, 0.05) is 50.4 Å². The number of carbonyl (C=O) groups excluding carboxylic acids is 1. The Kier molecular flexibility index (Phi) is 5.78. The SMILES string of the molecule is COc1ccccc1CNC(=O)N1CCN(Cc2c(C)noc2C)CC1. The summed E-state index contributed by atoms with van der Waals surface area (Å²) in [5, 5.41) is 6.99. The lowest BCUT2D eigenvalue weighted by Gasteiger charge is -2.34. The van der Waals surface area contributed by atoms with Crippen LogP contribution >= 0.6 is 0 Å². The first kappa shape index (κ1) is 18.3. The van der Waals surface area contributed by atoms with Crippen LogP contribution in [-0.2, 0) is 13.1 Å². The van der Waals surface area contributed by atoms with Gasteiger partial charge in [-0.1, -0.05) is 23.4 Å². The summed E-state index contributed by atoms with van der Waals surface area (Å²) in [5.41, 5.74) is 3.07. The van der Waals surface area contributed by atoms with Crippen molar-refractivity contribution in [3.8, 4) is 5.75 Å². The molecule has 0 unspecified atom stereocenters. The Hall–Kier alpha value is -2.54. The molecule has 1 fully saturated rings. The lowest BCUT2D eigenvalue weighted by atomic mass is 10.2. The monoisotopic (exact) mass is 358 g/mol. The molecule has 0 atom stereocenters. The van der Waals surface area contributed by atoms with Crippen LogP contribution < -0.4 is 10.1 Å². The van der Waals surface area contributed by atoms with Gasteiger partial charge < -0.3 is 19.5 Å². The molecule has 3 rings (SSSR count). The minimum atomic E-state index is -0.0344. The van der Waals surface area contributed by atoms with E-state index in [4.69, 9.17) is 9.26 Å². The van der Waals surface area contributed by atoms with Crippen molar-refractivity contribution in [2.24, 2.45) is 0 Å². The van der Waals surface area contributed by atoms with Crippen molar-refractivity contribution in [1.82, 2.24) is 20.3 Å². The number of para-hydroxylation sites is 1. The van der Waals surface area contributed by atoms with E-state index in [0.29, 0.717) is 19.6 Å². The number of piperazine rings is 1. The fraction of sp³-hybridized carbons (Fsp3) is 0.474. The fourth-order valence-electron chi connectivity index (χ4n) is 3.19. The molecule has 0 bridgehead atoms. The number of hydrogen-bond donors (Lipinski definition) is 1. The van der Waals surface area contributed by atoms with Gasteiger partial charge in [0.2, 0.25) is 0 Å². The molecule has 1 aromatic heterocycles. The molecule has 7 nitrogen and oxygen atoms in total. The Balaban J connectivity index is 1.48. The van der Waals surface area contributed by atoms with Crippen molar-refractivity contribution in [3.63, 3.8) is 0 Å². The van der Waals surface area contributed by atoms with Crippen molar-refractivity contribution in [3.05, 3.63) is 46.8 Å². The summed E-state index contributed by atoms with van der Waals surface area (Å²) in [6.45, 7) is 8.28.